The molecule has 1 atom stereocenters. The van der Waals surface area contributed by atoms with Crippen LogP contribution in [0.5, 0.6) is 5.75 Å². The number of ether oxygens (including phenoxy) is 1. The van der Waals surface area contributed by atoms with Crippen LogP contribution in [-0.4, -0.2) is 52.5 Å². The van der Waals surface area contributed by atoms with Crippen molar-refractivity contribution in [3.05, 3.63) is 58.4 Å². The van der Waals surface area contributed by atoms with E-state index in [9.17, 15) is 22.4 Å². The van der Waals surface area contributed by atoms with Gasteiger partial charge in [0.05, 0.1) is 10.9 Å². The molecule has 1 aliphatic heterocycles. The number of hydrogen-bond donors (Lipinski definition) is 0. The van der Waals surface area contributed by atoms with E-state index in [-0.39, 0.29) is 22.6 Å². The Labute approximate surface area is 207 Å². The predicted octanol–water partition coefficient (Wildman–Crippen LogP) is 5.77. The van der Waals surface area contributed by atoms with Crippen LogP contribution >= 0.6 is 0 Å². The summed E-state index contributed by atoms with van der Waals surface area (Å²) < 4.78 is 58.4. The largest absolute Gasteiger partial charge is 0.487 e. The van der Waals surface area contributed by atoms with E-state index < -0.39 is 19.0 Å². The molecule has 0 radical (unpaired) electrons. The maximum absolute atomic E-state index is 13.8. The summed E-state index contributed by atoms with van der Waals surface area (Å²) in [5.41, 5.74) is 1.88. The molecule has 1 fully saturated rings. The van der Waals surface area contributed by atoms with E-state index in [1.54, 1.807) is 4.57 Å². The Hall–Kier alpha value is -2.94. The van der Waals surface area contributed by atoms with Gasteiger partial charge in [0.2, 0.25) is 0 Å². The molecule has 0 bridgehead atoms. The highest BCUT2D eigenvalue weighted by Gasteiger charge is 2.41. The molecule has 2 aromatic carbocycles. The summed E-state index contributed by atoms with van der Waals surface area (Å²) in [7, 11) is 0. The first-order valence-electron chi connectivity index (χ1n) is 12.2. The van der Waals surface area contributed by atoms with Gasteiger partial charge in [-0.1, -0.05) is 24.3 Å². The van der Waals surface area contributed by atoms with Gasteiger partial charge in [0.25, 0.3) is 5.56 Å². The number of alkyl halides is 4. The third kappa shape index (κ3) is 5.56. The molecule has 5 nitrogen and oxygen atoms in total. The van der Waals surface area contributed by atoms with Crippen molar-refractivity contribution in [2.75, 3.05) is 19.7 Å². The van der Waals surface area contributed by atoms with Crippen LogP contribution in [0.1, 0.15) is 32.3 Å². The molecule has 1 aliphatic rings. The van der Waals surface area contributed by atoms with E-state index in [1.807, 2.05) is 31.2 Å². The molecule has 4 rings (SSSR count). The fourth-order valence-electron chi connectivity index (χ4n) is 4.70. The van der Waals surface area contributed by atoms with Crippen LogP contribution in [-0.2, 0) is 6.54 Å². The normalized spacial score (nSPS) is 17.3. The van der Waals surface area contributed by atoms with Crippen LogP contribution < -0.4 is 10.3 Å². The molecule has 36 heavy (non-hydrogen) atoms. The van der Waals surface area contributed by atoms with E-state index in [1.165, 1.54) is 18.2 Å². The van der Waals surface area contributed by atoms with E-state index >= 15 is 0 Å². The lowest BCUT2D eigenvalue weighted by atomic mass is 9.96. The van der Waals surface area contributed by atoms with Crippen LogP contribution in [0.3, 0.4) is 0 Å². The second kappa shape index (κ2) is 10.6. The van der Waals surface area contributed by atoms with Crippen LogP contribution in [0.2, 0.25) is 0 Å². The van der Waals surface area contributed by atoms with Crippen LogP contribution in [0.4, 0.5) is 17.6 Å². The molecule has 9 heteroatoms. The number of halogens is 4. The third-order valence-electron chi connectivity index (χ3n) is 6.78. The molecule has 0 amide bonds. The minimum Gasteiger partial charge on any atom is -0.487 e. The number of nitrogens with zero attached hydrogens (tertiary/aromatic N) is 3. The number of piperidine rings is 1. The van der Waals surface area contributed by atoms with Crippen molar-refractivity contribution in [1.29, 1.82) is 0 Å². The Bertz CT molecular complexity index is 1280. The standard InChI is InChI=1S/C27H31F4N3O2/c1-17(2)33-12-6-8-19(14-33)15-34-24(21-9-5-4-7-18(21)3)32-23-11-10-20(13-22(23)25(34)35)36-16-27(30,31)26(28)29/h4-5,7,9-11,13,17,19,26H,6,8,12,14-16H2,1-3H3/t19-/m0/s1. The van der Waals surface area contributed by atoms with Crippen molar-refractivity contribution in [2.45, 2.75) is 58.5 Å². The van der Waals surface area contributed by atoms with Crippen LogP contribution in [0, 0.1) is 12.8 Å². The zero-order valence-corrected chi connectivity index (χ0v) is 20.7. The van der Waals surface area contributed by atoms with Gasteiger partial charge in [-0.15, -0.1) is 0 Å². The number of hydrogen-bond acceptors (Lipinski definition) is 4. The van der Waals surface area contributed by atoms with Gasteiger partial charge in [-0.25, -0.2) is 13.8 Å². The fourth-order valence-corrected chi connectivity index (χ4v) is 4.70. The van der Waals surface area contributed by atoms with E-state index in [0.29, 0.717) is 23.9 Å². The number of likely N-dealkylation sites (tertiary alicyclic amines) is 1. The SMILES string of the molecule is Cc1ccccc1-c1nc2ccc(OCC(F)(F)C(F)F)cc2c(=O)n1C[C@H]1CCCN(C(C)C)C1. The quantitative estimate of drug-likeness (QED) is 0.365. The summed E-state index contributed by atoms with van der Waals surface area (Å²) in [5, 5.41) is 0.196. The first kappa shape index (κ1) is 26.1. The number of rotatable bonds is 8. The van der Waals surface area contributed by atoms with E-state index in [2.05, 4.69) is 18.7 Å². The van der Waals surface area contributed by atoms with Gasteiger partial charge in [0.1, 0.15) is 11.6 Å². The molecular formula is C27H31F4N3O2. The van der Waals surface area contributed by atoms with Gasteiger partial charge in [-0.05, 0) is 69.8 Å². The van der Waals surface area contributed by atoms with Gasteiger partial charge in [-0.2, -0.15) is 8.78 Å². The molecule has 0 spiro atoms. The first-order chi connectivity index (χ1) is 17.1. The lowest BCUT2D eigenvalue weighted by molar-refractivity contribution is -0.148. The summed E-state index contributed by atoms with van der Waals surface area (Å²) in [6.07, 6.45) is -1.82. The Morgan fingerprint density at radius 1 is 1.17 bits per heavy atom. The summed E-state index contributed by atoms with van der Waals surface area (Å²) in [6, 6.07) is 12.3. The molecule has 0 aliphatic carbocycles. The van der Waals surface area contributed by atoms with Gasteiger partial charge >= 0.3 is 12.3 Å². The molecule has 0 N–H and O–H groups in total. The first-order valence-corrected chi connectivity index (χ1v) is 12.2. The monoisotopic (exact) mass is 505 g/mol. The Morgan fingerprint density at radius 2 is 1.92 bits per heavy atom. The van der Waals surface area contributed by atoms with E-state index in [4.69, 9.17) is 9.72 Å². The van der Waals surface area contributed by atoms with Gasteiger partial charge in [0.15, 0.2) is 6.61 Å². The highest BCUT2D eigenvalue weighted by molar-refractivity contribution is 5.81. The average Bonchev–Trinajstić information content (AvgIpc) is 2.85. The summed E-state index contributed by atoms with van der Waals surface area (Å²) in [6.45, 7) is 7.13. The number of benzene rings is 2. The molecule has 1 saturated heterocycles. The highest BCUT2D eigenvalue weighted by Crippen LogP contribution is 2.28. The highest BCUT2D eigenvalue weighted by atomic mass is 19.3. The van der Waals surface area contributed by atoms with Crippen LogP contribution in [0.15, 0.2) is 47.3 Å². The fraction of sp³-hybridized carbons (Fsp3) is 0.481. The summed E-state index contributed by atoms with van der Waals surface area (Å²) in [4.78, 5) is 21.0. The zero-order valence-electron chi connectivity index (χ0n) is 20.7. The Balaban J connectivity index is 1.76. The third-order valence-corrected chi connectivity index (χ3v) is 6.78. The minimum atomic E-state index is -4.29. The van der Waals surface area contributed by atoms with E-state index in [0.717, 1.165) is 37.1 Å². The van der Waals surface area contributed by atoms with Gasteiger partial charge in [-0.3, -0.25) is 9.36 Å². The molecular weight excluding hydrogens is 474 g/mol. The molecule has 1 aromatic heterocycles. The van der Waals surface area contributed by atoms with Gasteiger partial charge in [0, 0.05) is 24.7 Å². The Morgan fingerprint density at radius 3 is 2.61 bits per heavy atom. The van der Waals surface area contributed by atoms with Crippen molar-refractivity contribution in [1.82, 2.24) is 14.5 Å². The number of aromatic nitrogens is 2. The number of fused-ring (bicyclic) bond motifs is 1. The van der Waals surface area contributed by atoms with Crippen molar-refractivity contribution in [2.24, 2.45) is 5.92 Å². The zero-order chi connectivity index (χ0) is 26.0. The predicted molar refractivity (Wildman–Crippen MR) is 132 cm³/mol. The van der Waals surface area contributed by atoms with Crippen LogP contribution in [0.25, 0.3) is 22.3 Å². The lowest BCUT2D eigenvalue weighted by Gasteiger charge is -2.36. The van der Waals surface area contributed by atoms with Crippen molar-refractivity contribution < 1.29 is 22.3 Å². The van der Waals surface area contributed by atoms with Gasteiger partial charge < -0.3 is 9.64 Å². The lowest BCUT2D eigenvalue weighted by Crippen LogP contribution is -2.42. The smallest absolute Gasteiger partial charge is 0.340 e. The molecule has 0 saturated carbocycles. The Kier molecular flexibility index (Phi) is 7.68. The molecule has 2 heterocycles. The molecule has 3 aromatic rings. The van der Waals surface area contributed by atoms with Crippen molar-refractivity contribution >= 4 is 10.9 Å². The summed E-state index contributed by atoms with van der Waals surface area (Å²) >= 11 is 0. The number of aryl methyl sites for hydroxylation is 1. The van der Waals surface area contributed by atoms with Crippen molar-refractivity contribution in [3.8, 4) is 17.1 Å². The topological polar surface area (TPSA) is 47.4 Å². The van der Waals surface area contributed by atoms with Crippen molar-refractivity contribution in [3.63, 3.8) is 0 Å². The second-order valence-corrected chi connectivity index (χ2v) is 9.79. The minimum absolute atomic E-state index is 0.0828. The second-order valence-electron chi connectivity index (χ2n) is 9.79. The molecule has 0 unspecified atom stereocenters. The molecule has 194 valence electrons. The average molecular weight is 506 g/mol. The maximum atomic E-state index is 13.8. The maximum Gasteiger partial charge on any atom is 0.340 e. The summed E-state index contributed by atoms with van der Waals surface area (Å²) in [5.74, 6) is -3.58.